The molecule has 0 saturated carbocycles. The smallest absolute Gasteiger partial charge is 0.163 e. The van der Waals surface area contributed by atoms with Gasteiger partial charge in [-0.2, -0.15) is 0 Å². The number of thiazole rings is 1. The average Bonchev–Trinajstić information content (AvgIpc) is 2.69. The molecule has 0 bridgehead atoms. The maximum Gasteiger partial charge on any atom is 0.163 e. The average molecular weight is 288 g/mol. The number of fused-ring (bicyclic) bond motifs is 1. The van der Waals surface area contributed by atoms with Gasteiger partial charge in [0, 0.05) is 0 Å². The molecule has 0 radical (unpaired) electrons. The topological polar surface area (TPSA) is 56.7 Å². The van der Waals surface area contributed by atoms with Crippen molar-refractivity contribution in [2.45, 2.75) is 13.5 Å². The van der Waals surface area contributed by atoms with Crippen LogP contribution < -0.4 is 5.73 Å². The van der Waals surface area contributed by atoms with E-state index in [0.29, 0.717) is 18.2 Å². The van der Waals surface area contributed by atoms with Crippen LogP contribution in [0.5, 0.6) is 0 Å². The number of benzene rings is 1. The molecule has 0 aliphatic carbocycles. The molecule has 3 rings (SSSR count). The van der Waals surface area contributed by atoms with Crippen molar-refractivity contribution in [3.63, 3.8) is 0 Å². The van der Waals surface area contributed by atoms with Crippen LogP contribution in [-0.4, -0.2) is 14.5 Å². The fourth-order valence-corrected chi connectivity index (χ4v) is 3.22. The third kappa shape index (κ3) is 2.24. The minimum Gasteiger partial charge on any atom is -0.382 e. The summed E-state index contributed by atoms with van der Waals surface area (Å²) in [7, 11) is 0. The highest BCUT2D eigenvalue weighted by atomic mass is 32.1. The van der Waals surface area contributed by atoms with Gasteiger partial charge in [-0.05, 0) is 24.7 Å². The van der Waals surface area contributed by atoms with Gasteiger partial charge in [-0.15, -0.1) is 0 Å². The van der Waals surface area contributed by atoms with Gasteiger partial charge in [-0.1, -0.05) is 41.7 Å². The first-order valence-electron chi connectivity index (χ1n) is 5.82. The lowest BCUT2D eigenvalue weighted by atomic mass is 10.2. The fourth-order valence-electron chi connectivity index (χ4n) is 1.98. The number of nitrogens with zero attached hydrogens (tertiary/aromatic N) is 3. The Labute approximate surface area is 119 Å². The molecule has 6 heteroatoms. The van der Waals surface area contributed by atoms with Gasteiger partial charge >= 0.3 is 0 Å². The van der Waals surface area contributed by atoms with E-state index in [1.54, 1.807) is 0 Å². The Balaban J connectivity index is 2.18. The highest BCUT2D eigenvalue weighted by molar-refractivity contribution is 7.73. The molecule has 0 unspecified atom stereocenters. The van der Waals surface area contributed by atoms with Crippen LogP contribution in [-0.2, 0) is 6.54 Å². The van der Waals surface area contributed by atoms with Gasteiger partial charge in [0.25, 0.3) is 0 Å². The van der Waals surface area contributed by atoms with E-state index >= 15 is 0 Å². The quantitative estimate of drug-likeness (QED) is 0.736. The number of aryl methyl sites for hydroxylation is 1. The SMILES string of the molecule is Cc1nc(N)c2sc(=S)n(Cc3ccccc3)c2n1. The summed E-state index contributed by atoms with van der Waals surface area (Å²) in [6.45, 7) is 2.54. The number of aromatic nitrogens is 3. The molecule has 4 nitrogen and oxygen atoms in total. The fraction of sp³-hybridized carbons (Fsp3) is 0.154. The van der Waals surface area contributed by atoms with Crippen LogP contribution in [0.25, 0.3) is 10.3 Å². The zero-order chi connectivity index (χ0) is 13.4. The monoisotopic (exact) mass is 288 g/mol. The normalized spacial score (nSPS) is 11.0. The first-order valence-corrected chi connectivity index (χ1v) is 7.05. The molecule has 3 aromatic rings. The molecular weight excluding hydrogens is 276 g/mol. The maximum absolute atomic E-state index is 5.93. The van der Waals surface area contributed by atoms with E-state index in [2.05, 4.69) is 22.1 Å². The molecule has 19 heavy (non-hydrogen) atoms. The van der Waals surface area contributed by atoms with E-state index in [1.165, 1.54) is 16.9 Å². The number of hydrogen-bond acceptors (Lipinski definition) is 5. The molecule has 2 heterocycles. The van der Waals surface area contributed by atoms with Gasteiger partial charge in [0.15, 0.2) is 9.60 Å². The first kappa shape index (κ1) is 12.3. The summed E-state index contributed by atoms with van der Waals surface area (Å²) >= 11 is 6.87. The lowest BCUT2D eigenvalue weighted by Gasteiger charge is -2.05. The summed E-state index contributed by atoms with van der Waals surface area (Å²) in [5, 5.41) is 0. The van der Waals surface area contributed by atoms with Gasteiger partial charge < -0.3 is 10.3 Å². The van der Waals surface area contributed by atoms with Crippen molar-refractivity contribution in [3.8, 4) is 0 Å². The number of hydrogen-bond donors (Lipinski definition) is 1. The van der Waals surface area contributed by atoms with Crippen molar-refractivity contribution >= 4 is 39.7 Å². The summed E-state index contributed by atoms with van der Waals surface area (Å²) in [4.78, 5) is 8.65. The molecule has 96 valence electrons. The van der Waals surface area contributed by atoms with E-state index in [9.17, 15) is 0 Å². The highest BCUT2D eigenvalue weighted by Gasteiger charge is 2.11. The standard InChI is InChI=1S/C13H12N4S2/c1-8-15-11(14)10-12(16-8)17(13(18)19-10)7-9-5-3-2-4-6-9/h2-6H,7H2,1H3,(H2,14,15,16). The lowest BCUT2D eigenvalue weighted by molar-refractivity contribution is 0.816. The van der Waals surface area contributed by atoms with Gasteiger partial charge in [0.1, 0.15) is 16.3 Å². The molecule has 0 spiro atoms. The Morgan fingerprint density at radius 2 is 2.00 bits per heavy atom. The van der Waals surface area contributed by atoms with Crippen LogP contribution in [0.1, 0.15) is 11.4 Å². The molecule has 0 atom stereocenters. The van der Waals surface area contributed by atoms with Crippen LogP contribution in [0, 0.1) is 10.9 Å². The van der Waals surface area contributed by atoms with Crippen LogP contribution in [0.2, 0.25) is 0 Å². The number of nitrogens with two attached hydrogens (primary N) is 1. The highest BCUT2D eigenvalue weighted by Crippen LogP contribution is 2.26. The largest absolute Gasteiger partial charge is 0.382 e. The van der Waals surface area contributed by atoms with Crippen LogP contribution in [0.4, 0.5) is 5.82 Å². The zero-order valence-corrected chi connectivity index (χ0v) is 12.0. The zero-order valence-electron chi connectivity index (χ0n) is 10.3. The van der Waals surface area contributed by atoms with Crippen LogP contribution >= 0.6 is 23.6 Å². The number of nitrogen functional groups attached to an aromatic ring is 1. The molecule has 0 fully saturated rings. The third-order valence-corrected chi connectivity index (χ3v) is 4.30. The molecule has 1 aromatic carbocycles. The molecule has 0 saturated heterocycles. The minimum atomic E-state index is 0.505. The van der Waals surface area contributed by atoms with Crippen molar-refractivity contribution in [1.82, 2.24) is 14.5 Å². The Bertz CT molecular complexity index is 790. The van der Waals surface area contributed by atoms with Gasteiger partial charge in [-0.25, -0.2) is 9.97 Å². The van der Waals surface area contributed by atoms with Gasteiger partial charge in [-0.3, -0.25) is 0 Å². The summed E-state index contributed by atoms with van der Waals surface area (Å²) in [5.41, 5.74) is 7.94. The predicted octanol–water partition coefficient (Wildman–Crippen LogP) is 3.16. The van der Waals surface area contributed by atoms with Gasteiger partial charge in [0.2, 0.25) is 0 Å². The Morgan fingerprint density at radius 1 is 1.26 bits per heavy atom. The molecule has 0 amide bonds. The van der Waals surface area contributed by atoms with Crippen molar-refractivity contribution in [2.75, 3.05) is 5.73 Å². The third-order valence-electron chi connectivity index (χ3n) is 2.83. The van der Waals surface area contributed by atoms with Crippen molar-refractivity contribution in [3.05, 3.63) is 45.7 Å². The van der Waals surface area contributed by atoms with E-state index in [1.807, 2.05) is 29.7 Å². The molecular formula is C13H12N4S2. The van der Waals surface area contributed by atoms with Crippen molar-refractivity contribution in [2.24, 2.45) is 0 Å². The Hall–Kier alpha value is -1.79. The second kappa shape index (κ2) is 4.71. The van der Waals surface area contributed by atoms with E-state index in [-0.39, 0.29) is 0 Å². The molecule has 2 aromatic heterocycles. The number of rotatable bonds is 2. The summed E-state index contributed by atoms with van der Waals surface area (Å²) in [6, 6.07) is 10.2. The molecule has 0 aliphatic heterocycles. The van der Waals surface area contributed by atoms with Crippen molar-refractivity contribution < 1.29 is 0 Å². The second-order valence-corrected chi connectivity index (χ2v) is 5.89. The van der Waals surface area contributed by atoms with E-state index in [4.69, 9.17) is 18.0 Å². The van der Waals surface area contributed by atoms with Crippen LogP contribution in [0.15, 0.2) is 30.3 Å². The first-order chi connectivity index (χ1) is 9.15. The van der Waals surface area contributed by atoms with Gasteiger partial charge in [0.05, 0.1) is 6.54 Å². The minimum absolute atomic E-state index is 0.505. The number of anilines is 1. The van der Waals surface area contributed by atoms with E-state index in [0.717, 1.165) is 14.3 Å². The Morgan fingerprint density at radius 3 is 2.74 bits per heavy atom. The maximum atomic E-state index is 5.93. The Kier molecular flexibility index (Phi) is 3.04. The summed E-state index contributed by atoms with van der Waals surface area (Å²) in [5.74, 6) is 1.17. The summed E-state index contributed by atoms with van der Waals surface area (Å²) in [6.07, 6.45) is 0. The second-order valence-electron chi connectivity index (χ2n) is 4.25. The molecule has 2 N–H and O–H groups in total. The van der Waals surface area contributed by atoms with Crippen LogP contribution in [0.3, 0.4) is 0 Å². The lowest BCUT2D eigenvalue weighted by Crippen LogP contribution is -2.03. The summed E-state index contributed by atoms with van der Waals surface area (Å²) < 4.78 is 3.65. The van der Waals surface area contributed by atoms with Crippen molar-refractivity contribution in [1.29, 1.82) is 0 Å². The predicted molar refractivity (Wildman–Crippen MR) is 80.9 cm³/mol. The van der Waals surface area contributed by atoms with E-state index < -0.39 is 0 Å². The molecule has 0 aliphatic rings.